The molecule has 1 aromatic carbocycles. The van der Waals surface area contributed by atoms with Gasteiger partial charge in [-0.3, -0.25) is 4.98 Å². The van der Waals surface area contributed by atoms with E-state index < -0.39 is 6.09 Å². The van der Waals surface area contributed by atoms with Crippen LogP contribution >= 0.6 is 11.3 Å². The number of thiazole rings is 1. The summed E-state index contributed by atoms with van der Waals surface area (Å²) in [5.74, 6) is 0.541. The Hall–Kier alpha value is -2.93. The predicted octanol–water partition coefficient (Wildman–Crippen LogP) is 5.36. The van der Waals surface area contributed by atoms with Gasteiger partial charge in [0.15, 0.2) is 5.13 Å². The number of nitrogens with zero attached hydrogens (tertiary/aromatic N) is 3. The summed E-state index contributed by atoms with van der Waals surface area (Å²) in [7, 11) is 0. The number of rotatable bonds is 7. The first-order valence-corrected chi connectivity index (χ1v) is 11.2. The van der Waals surface area contributed by atoms with E-state index in [1.807, 2.05) is 54.0 Å². The number of pyridine rings is 1. The van der Waals surface area contributed by atoms with Crippen LogP contribution in [0.15, 0.2) is 60.2 Å². The quantitative estimate of drug-likeness (QED) is 0.536. The summed E-state index contributed by atoms with van der Waals surface area (Å²) in [5, 5.41) is 16.1. The lowest BCUT2D eigenvalue weighted by Crippen LogP contribution is -2.41. The molecule has 7 heteroatoms. The highest BCUT2D eigenvalue weighted by atomic mass is 32.1. The third-order valence-electron chi connectivity index (χ3n) is 5.70. The molecule has 1 fully saturated rings. The van der Waals surface area contributed by atoms with Crippen LogP contribution in [-0.4, -0.2) is 38.7 Å². The van der Waals surface area contributed by atoms with E-state index in [-0.39, 0.29) is 6.04 Å². The number of amides is 1. The van der Waals surface area contributed by atoms with Gasteiger partial charge in [-0.2, -0.15) is 0 Å². The topological polar surface area (TPSA) is 78.4 Å². The molecule has 3 aromatic rings. The van der Waals surface area contributed by atoms with Crippen molar-refractivity contribution < 1.29 is 9.90 Å². The van der Waals surface area contributed by atoms with Gasteiger partial charge in [0.05, 0.1) is 5.69 Å². The van der Waals surface area contributed by atoms with Gasteiger partial charge in [0.2, 0.25) is 0 Å². The molecule has 0 radical (unpaired) electrons. The Kier molecular flexibility index (Phi) is 6.59. The summed E-state index contributed by atoms with van der Waals surface area (Å²) in [6, 6.07) is 13.9. The van der Waals surface area contributed by atoms with Gasteiger partial charge in [0.25, 0.3) is 0 Å². The molecule has 2 heterocycles. The third kappa shape index (κ3) is 5.16. The average Bonchev–Trinajstić information content (AvgIpc) is 3.27. The van der Waals surface area contributed by atoms with Crippen molar-refractivity contribution >= 4 is 22.6 Å². The van der Waals surface area contributed by atoms with Gasteiger partial charge in [0.1, 0.15) is 0 Å². The Morgan fingerprint density at radius 1 is 1.13 bits per heavy atom. The fraction of sp³-hybridized carbons (Fsp3) is 0.348. The Labute approximate surface area is 180 Å². The highest BCUT2D eigenvalue weighted by molar-refractivity contribution is 7.14. The molecular formula is C23H26N4O2S. The van der Waals surface area contributed by atoms with E-state index in [2.05, 4.69) is 15.3 Å². The van der Waals surface area contributed by atoms with Gasteiger partial charge in [0, 0.05) is 42.5 Å². The number of carbonyl (C=O) groups is 1. The molecule has 30 heavy (non-hydrogen) atoms. The van der Waals surface area contributed by atoms with Crippen molar-refractivity contribution in [3.8, 4) is 11.3 Å². The summed E-state index contributed by atoms with van der Waals surface area (Å²) in [5.41, 5.74) is 3.00. The van der Waals surface area contributed by atoms with E-state index in [1.165, 1.54) is 0 Å². The fourth-order valence-corrected chi connectivity index (χ4v) is 4.76. The third-order valence-corrected chi connectivity index (χ3v) is 6.50. The van der Waals surface area contributed by atoms with Crippen LogP contribution in [0, 0.1) is 5.92 Å². The zero-order valence-electron chi connectivity index (χ0n) is 16.8. The molecule has 1 amide bonds. The summed E-state index contributed by atoms with van der Waals surface area (Å²) < 4.78 is 0. The van der Waals surface area contributed by atoms with Crippen molar-refractivity contribution in [3.05, 3.63) is 65.8 Å². The first-order valence-electron chi connectivity index (χ1n) is 10.3. The zero-order valence-corrected chi connectivity index (χ0v) is 17.6. The van der Waals surface area contributed by atoms with Crippen LogP contribution in [0.2, 0.25) is 0 Å². The van der Waals surface area contributed by atoms with Crippen molar-refractivity contribution in [2.75, 3.05) is 11.9 Å². The molecule has 0 atom stereocenters. The van der Waals surface area contributed by atoms with Crippen molar-refractivity contribution in [1.82, 2.24) is 14.9 Å². The van der Waals surface area contributed by atoms with Crippen molar-refractivity contribution in [1.29, 1.82) is 0 Å². The number of hydrogen-bond acceptors (Lipinski definition) is 5. The Morgan fingerprint density at radius 3 is 2.63 bits per heavy atom. The smallest absolute Gasteiger partial charge is 0.407 e. The van der Waals surface area contributed by atoms with Crippen LogP contribution in [0.25, 0.3) is 11.3 Å². The molecule has 0 spiro atoms. The Morgan fingerprint density at radius 2 is 1.93 bits per heavy atom. The second-order valence-electron chi connectivity index (χ2n) is 7.73. The van der Waals surface area contributed by atoms with Crippen LogP contribution < -0.4 is 5.32 Å². The monoisotopic (exact) mass is 422 g/mol. The van der Waals surface area contributed by atoms with Crippen molar-refractivity contribution in [3.63, 3.8) is 0 Å². The van der Waals surface area contributed by atoms with Crippen molar-refractivity contribution in [2.24, 2.45) is 5.92 Å². The SMILES string of the molecule is O=C(O)N(Cc1ccccc1)[C@H]1CC[C@H](CNc2nc(-c3cccnc3)cs2)CC1. The van der Waals surface area contributed by atoms with E-state index in [0.717, 1.165) is 54.2 Å². The molecule has 0 saturated heterocycles. The van der Waals surface area contributed by atoms with Crippen LogP contribution in [0.5, 0.6) is 0 Å². The zero-order chi connectivity index (χ0) is 20.8. The lowest BCUT2D eigenvalue weighted by molar-refractivity contribution is 0.100. The summed E-state index contributed by atoms with van der Waals surface area (Å²) >= 11 is 1.61. The minimum absolute atomic E-state index is 0.0935. The number of nitrogens with one attached hydrogen (secondary N) is 1. The van der Waals surface area contributed by atoms with E-state index in [9.17, 15) is 9.90 Å². The molecule has 6 nitrogen and oxygen atoms in total. The number of carboxylic acid groups (broad SMARTS) is 1. The highest BCUT2D eigenvalue weighted by Crippen LogP contribution is 2.30. The van der Waals surface area contributed by atoms with E-state index in [1.54, 1.807) is 22.4 Å². The van der Waals surface area contributed by atoms with E-state index in [4.69, 9.17) is 0 Å². The number of aromatic nitrogens is 2. The minimum Gasteiger partial charge on any atom is -0.465 e. The second-order valence-corrected chi connectivity index (χ2v) is 8.59. The van der Waals surface area contributed by atoms with E-state index in [0.29, 0.717) is 12.5 Å². The summed E-state index contributed by atoms with van der Waals surface area (Å²) in [6.45, 7) is 1.33. The van der Waals surface area contributed by atoms with Gasteiger partial charge < -0.3 is 15.3 Å². The first-order chi connectivity index (χ1) is 14.7. The number of anilines is 1. The molecule has 1 aliphatic rings. The van der Waals surface area contributed by atoms with Gasteiger partial charge in [-0.1, -0.05) is 30.3 Å². The van der Waals surface area contributed by atoms with Gasteiger partial charge in [-0.15, -0.1) is 11.3 Å². The Balaban J connectivity index is 1.27. The van der Waals surface area contributed by atoms with Crippen LogP contribution in [-0.2, 0) is 6.54 Å². The maximum absolute atomic E-state index is 11.8. The molecule has 2 N–H and O–H groups in total. The van der Waals surface area contributed by atoms with E-state index >= 15 is 0 Å². The fourth-order valence-electron chi connectivity index (χ4n) is 4.03. The first kappa shape index (κ1) is 20.3. The predicted molar refractivity (Wildman–Crippen MR) is 120 cm³/mol. The molecule has 2 aromatic heterocycles. The average molecular weight is 423 g/mol. The number of hydrogen-bond donors (Lipinski definition) is 2. The highest BCUT2D eigenvalue weighted by Gasteiger charge is 2.28. The molecule has 0 unspecified atom stereocenters. The lowest BCUT2D eigenvalue weighted by Gasteiger charge is -2.35. The summed E-state index contributed by atoms with van der Waals surface area (Å²) in [4.78, 5) is 22.2. The second kappa shape index (κ2) is 9.71. The molecule has 0 bridgehead atoms. The van der Waals surface area contributed by atoms with Crippen LogP contribution in [0.3, 0.4) is 0 Å². The number of benzene rings is 1. The van der Waals surface area contributed by atoms with Gasteiger partial charge in [-0.05, 0) is 49.3 Å². The van der Waals surface area contributed by atoms with Gasteiger partial charge >= 0.3 is 6.09 Å². The summed E-state index contributed by atoms with van der Waals surface area (Å²) in [6.07, 6.45) is 6.62. The molecular weight excluding hydrogens is 396 g/mol. The minimum atomic E-state index is -0.828. The van der Waals surface area contributed by atoms with Crippen LogP contribution in [0.4, 0.5) is 9.93 Å². The largest absolute Gasteiger partial charge is 0.465 e. The van der Waals surface area contributed by atoms with Crippen molar-refractivity contribution in [2.45, 2.75) is 38.3 Å². The van der Waals surface area contributed by atoms with Crippen LogP contribution in [0.1, 0.15) is 31.2 Å². The molecule has 0 aliphatic heterocycles. The normalized spacial score (nSPS) is 18.7. The Bertz CT molecular complexity index is 940. The standard InChI is InChI=1S/C23H26N4O2S/c28-23(29)27(15-18-5-2-1-3-6-18)20-10-8-17(9-11-20)13-25-22-26-21(16-30-22)19-7-4-12-24-14-19/h1-7,12,14,16-17,20H,8-11,13,15H2,(H,25,26)(H,28,29)/t17-,20-. The molecule has 156 valence electrons. The maximum Gasteiger partial charge on any atom is 0.407 e. The van der Waals surface area contributed by atoms with Gasteiger partial charge in [-0.25, -0.2) is 9.78 Å². The lowest BCUT2D eigenvalue weighted by atomic mass is 9.85. The molecule has 1 saturated carbocycles. The maximum atomic E-state index is 11.8. The molecule has 1 aliphatic carbocycles. The molecule has 4 rings (SSSR count).